The van der Waals surface area contributed by atoms with Crippen molar-refractivity contribution in [2.24, 2.45) is 5.92 Å². The minimum Gasteiger partial charge on any atom is -0.450 e. The van der Waals surface area contributed by atoms with Gasteiger partial charge < -0.3 is 20.3 Å². The number of piperidine rings is 1. The van der Waals surface area contributed by atoms with E-state index >= 15 is 0 Å². The molecule has 126 valence electrons. The largest absolute Gasteiger partial charge is 0.450 e. The van der Waals surface area contributed by atoms with Crippen molar-refractivity contribution in [2.45, 2.75) is 46.1 Å². The van der Waals surface area contributed by atoms with Crippen LogP contribution in [-0.4, -0.2) is 55.1 Å². The topological polar surface area (TPSA) is 87.7 Å². The lowest BCUT2D eigenvalue weighted by atomic mass is 10.1. The van der Waals surface area contributed by atoms with E-state index in [1.165, 1.54) is 0 Å². The Morgan fingerprint density at radius 3 is 2.36 bits per heavy atom. The Kier molecular flexibility index (Phi) is 7.70. The van der Waals surface area contributed by atoms with Gasteiger partial charge in [-0.15, -0.1) is 0 Å². The SMILES string of the molecule is CCOC(=O)N1CCC(NC(=O)CC(=O)NCC(C)C)CC1. The number of amides is 3. The van der Waals surface area contributed by atoms with Crippen molar-refractivity contribution in [3.05, 3.63) is 0 Å². The first-order valence-electron chi connectivity index (χ1n) is 7.90. The van der Waals surface area contributed by atoms with Gasteiger partial charge in [-0.1, -0.05) is 13.8 Å². The fourth-order valence-corrected chi connectivity index (χ4v) is 2.23. The summed E-state index contributed by atoms with van der Waals surface area (Å²) in [6, 6.07) is 0.0103. The second kappa shape index (κ2) is 9.27. The molecule has 1 aliphatic heterocycles. The molecule has 7 heteroatoms. The summed E-state index contributed by atoms with van der Waals surface area (Å²) in [6.07, 6.45) is 0.904. The fourth-order valence-electron chi connectivity index (χ4n) is 2.23. The lowest BCUT2D eigenvalue weighted by Crippen LogP contribution is -2.47. The number of ether oxygens (including phenoxy) is 1. The van der Waals surface area contributed by atoms with Gasteiger partial charge in [0.25, 0.3) is 0 Å². The Morgan fingerprint density at radius 2 is 1.82 bits per heavy atom. The predicted molar refractivity (Wildman–Crippen MR) is 82.2 cm³/mol. The third kappa shape index (κ3) is 6.78. The third-order valence-electron chi connectivity index (χ3n) is 3.41. The van der Waals surface area contributed by atoms with Crippen LogP contribution >= 0.6 is 0 Å². The van der Waals surface area contributed by atoms with Crippen LogP contribution in [0, 0.1) is 5.92 Å². The average Bonchev–Trinajstić information content (AvgIpc) is 2.46. The number of hydrogen-bond acceptors (Lipinski definition) is 4. The number of carbonyl (C=O) groups excluding carboxylic acids is 3. The molecule has 2 N–H and O–H groups in total. The number of nitrogens with one attached hydrogen (secondary N) is 2. The van der Waals surface area contributed by atoms with E-state index in [2.05, 4.69) is 10.6 Å². The van der Waals surface area contributed by atoms with Crippen LogP contribution in [0.3, 0.4) is 0 Å². The summed E-state index contributed by atoms with van der Waals surface area (Å²) in [4.78, 5) is 36.6. The van der Waals surface area contributed by atoms with Crippen molar-refractivity contribution >= 4 is 17.9 Å². The van der Waals surface area contributed by atoms with E-state index in [-0.39, 0.29) is 30.4 Å². The van der Waals surface area contributed by atoms with Crippen molar-refractivity contribution in [1.29, 1.82) is 0 Å². The van der Waals surface area contributed by atoms with Gasteiger partial charge in [-0.3, -0.25) is 9.59 Å². The molecule has 0 bridgehead atoms. The molecule has 0 aromatic rings. The summed E-state index contributed by atoms with van der Waals surface area (Å²) < 4.78 is 4.94. The molecule has 0 spiro atoms. The molecule has 1 saturated heterocycles. The molecule has 1 heterocycles. The average molecular weight is 313 g/mol. The highest BCUT2D eigenvalue weighted by atomic mass is 16.6. The van der Waals surface area contributed by atoms with Crippen LogP contribution < -0.4 is 10.6 Å². The Bertz CT molecular complexity index is 390. The summed E-state index contributed by atoms with van der Waals surface area (Å²) in [5, 5.41) is 5.57. The van der Waals surface area contributed by atoms with Gasteiger partial charge in [0.1, 0.15) is 6.42 Å². The van der Waals surface area contributed by atoms with E-state index in [0.29, 0.717) is 45.0 Å². The van der Waals surface area contributed by atoms with E-state index in [9.17, 15) is 14.4 Å². The standard InChI is InChI=1S/C15H27N3O4/c1-4-22-15(21)18-7-5-12(6-8-18)17-14(20)9-13(19)16-10-11(2)3/h11-12H,4-10H2,1-3H3,(H,16,19)(H,17,20). The molecule has 1 aliphatic rings. The summed E-state index contributed by atoms with van der Waals surface area (Å²) >= 11 is 0. The zero-order valence-electron chi connectivity index (χ0n) is 13.7. The third-order valence-corrected chi connectivity index (χ3v) is 3.41. The van der Waals surface area contributed by atoms with Crippen molar-refractivity contribution in [3.63, 3.8) is 0 Å². The maximum atomic E-state index is 11.8. The van der Waals surface area contributed by atoms with Crippen LogP contribution in [0.1, 0.15) is 40.0 Å². The van der Waals surface area contributed by atoms with Gasteiger partial charge in [-0.2, -0.15) is 0 Å². The lowest BCUT2D eigenvalue weighted by molar-refractivity contribution is -0.129. The quantitative estimate of drug-likeness (QED) is 0.713. The zero-order chi connectivity index (χ0) is 16.5. The molecule has 0 aromatic heterocycles. The number of carbonyl (C=O) groups is 3. The van der Waals surface area contributed by atoms with E-state index < -0.39 is 0 Å². The van der Waals surface area contributed by atoms with E-state index in [0.717, 1.165) is 0 Å². The molecule has 0 saturated carbocycles. The molecular weight excluding hydrogens is 286 g/mol. The van der Waals surface area contributed by atoms with Gasteiger partial charge in [0.2, 0.25) is 11.8 Å². The number of likely N-dealkylation sites (tertiary alicyclic amines) is 1. The van der Waals surface area contributed by atoms with Crippen LogP contribution in [0.25, 0.3) is 0 Å². The van der Waals surface area contributed by atoms with Gasteiger partial charge in [0, 0.05) is 25.7 Å². The predicted octanol–water partition coefficient (Wildman–Crippen LogP) is 0.886. The lowest BCUT2D eigenvalue weighted by Gasteiger charge is -2.31. The number of hydrogen-bond donors (Lipinski definition) is 2. The maximum Gasteiger partial charge on any atom is 0.409 e. The van der Waals surface area contributed by atoms with Crippen LogP contribution in [-0.2, 0) is 14.3 Å². The van der Waals surface area contributed by atoms with Crippen molar-refractivity contribution < 1.29 is 19.1 Å². The fraction of sp³-hybridized carbons (Fsp3) is 0.800. The minimum atomic E-state index is -0.305. The highest BCUT2D eigenvalue weighted by Gasteiger charge is 2.24. The second-order valence-electron chi connectivity index (χ2n) is 5.90. The molecule has 1 rings (SSSR count). The first-order chi connectivity index (χ1) is 10.4. The highest BCUT2D eigenvalue weighted by molar-refractivity contribution is 5.96. The molecule has 22 heavy (non-hydrogen) atoms. The smallest absolute Gasteiger partial charge is 0.409 e. The Morgan fingerprint density at radius 1 is 1.18 bits per heavy atom. The molecule has 3 amide bonds. The first kappa shape index (κ1) is 18.3. The Hall–Kier alpha value is -1.79. The van der Waals surface area contributed by atoms with Crippen molar-refractivity contribution in [3.8, 4) is 0 Å². The normalized spacial score (nSPS) is 15.5. The minimum absolute atomic E-state index is 0.0103. The van der Waals surface area contributed by atoms with Gasteiger partial charge in [0.05, 0.1) is 6.61 Å². The molecule has 0 radical (unpaired) electrons. The number of rotatable bonds is 6. The van der Waals surface area contributed by atoms with E-state index in [4.69, 9.17) is 4.74 Å². The van der Waals surface area contributed by atoms with Crippen LogP contribution in [0.5, 0.6) is 0 Å². The van der Waals surface area contributed by atoms with Gasteiger partial charge >= 0.3 is 6.09 Å². The Labute approximate surface area is 131 Å². The maximum absolute atomic E-state index is 11.8. The molecule has 0 aliphatic carbocycles. The summed E-state index contributed by atoms with van der Waals surface area (Å²) in [6.45, 7) is 7.82. The molecule has 7 nitrogen and oxygen atoms in total. The van der Waals surface area contributed by atoms with Gasteiger partial charge in [-0.25, -0.2) is 4.79 Å². The Balaban J connectivity index is 2.24. The molecule has 0 atom stereocenters. The monoisotopic (exact) mass is 313 g/mol. The number of nitrogens with zero attached hydrogens (tertiary/aromatic N) is 1. The summed E-state index contributed by atoms with van der Waals surface area (Å²) in [7, 11) is 0. The molecular formula is C15H27N3O4. The molecule has 0 unspecified atom stereocenters. The van der Waals surface area contributed by atoms with Gasteiger partial charge in [-0.05, 0) is 25.7 Å². The van der Waals surface area contributed by atoms with Crippen molar-refractivity contribution in [1.82, 2.24) is 15.5 Å². The van der Waals surface area contributed by atoms with E-state index in [1.807, 2.05) is 13.8 Å². The van der Waals surface area contributed by atoms with Crippen molar-refractivity contribution in [2.75, 3.05) is 26.2 Å². The van der Waals surface area contributed by atoms with E-state index in [1.54, 1.807) is 11.8 Å². The molecule has 0 aromatic carbocycles. The van der Waals surface area contributed by atoms with Crippen LogP contribution in [0.4, 0.5) is 4.79 Å². The van der Waals surface area contributed by atoms with Crippen LogP contribution in [0.2, 0.25) is 0 Å². The second-order valence-corrected chi connectivity index (χ2v) is 5.90. The first-order valence-corrected chi connectivity index (χ1v) is 7.90. The van der Waals surface area contributed by atoms with Gasteiger partial charge in [0.15, 0.2) is 0 Å². The highest BCUT2D eigenvalue weighted by Crippen LogP contribution is 2.11. The molecule has 1 fully saturated rings. The zero-order valence-corrected chi connectivity index (χ0v) is 13.7. The summed E-state index contributed by atoms with van der Waals surface area (Å²) in [5.41, 5.74) is 0. The summed E-state index contributed by atoms with van der Waals surface area (Å²) in [5.74, 6) is -0.162. The van der Waals surface area contributed by atoms with Crippen LogP contribution in [0.15, 0.2) is 0 Å².